The van der Waals surface area contributed by atoms with Gasteiger partial charge in [0.25, 0.3) is 0 Å². The molecule has 4 rings (SSSR count). The van der Waals surface area contributed by atoms with E-state index in [1.165, 1.54) is 11.1 Å². The van der Waals surface area contributed by atoms with Gasteiger partial charge in [0, 0.05) is 49.7 Å². The lowest BCUT2D eigenvalue weighted by molar-refractivity contribution is 0.0663. The normalized spacial score (nSPS) is 16.3. The smallest absolute Gasteiger partial charge is 0.185 e. The highest BCUT2D eigenvalue weighted by Gasteiger charge is 2.23. The van der Waals surface area contributed by atoms with Gasteiger partial charge in [0.15, 0.2) is 5.13 Å². The zero-order valence-electron chi connectivity index (χ0n) is 18.3. The summed E-state index contributed by atoms with van der Waals surface area (Å²) in [4.78, 5) is 8.99. The fourth-order valence-corrected chi connectivity index (χ4v) is 4.72. The monoisotopic (exact) mass is 437 g/mol. The van der Waals surface area contributed by atoms with Crippen molar-refractivity contribution in [3.63, 3.8) is 0 Å². The lowest BCUT2D eigenvalue weighted by atomic mass is 9.78. The average Bonchev–Trinajstić information content (AvgIpc) is 3.34. The number of aliphatic hydroxyl groups is 1. The molecule has 1 unspecified atom stereocenters. The van der Waals surface area contributed by atoms with E-state index >= 15 is 0 Å². The van der Waals surface area contributed by atoms with E-state index < -0.39 is 6.10 Å². The highest BCUT2D eigenvalue weighted by atomic mass is 32.1. The molecule has 1 aliphatic rings. The van der Waals surface area contributed by atoms with Gasteiger partial charge in [-0.25, -0.2) is 4.98 Å². The van der Waals surface area contributed by atoms with Gasteiger partial charge in [0.05, 0.1) is 0 Å². The molecule has 3 aromatic rings. The van der Waals surface area contributed by atoms with E-state index in [4.69, 9.17) is 4.74 Å². The van der Waals surface area contributed by atoms with Gasteiger partial charge in [-0.2, -0.15) is 0 Å². The van der Waals surface area contributed by atoms with Crippen LogP contribution in [0.4, 0.5) is 5.13 Å². The van der Waals surface area contributed by atoms with Crippen LogP contribution in [0.15, 0.2) is 66.2 Å². The summed E-state index contributed by atoms with van der Waals surface area (Å²) >= 11 is 1.68. The van der Waals surface area contributed by atoms with E-state index in [9.17, 15) is 5.11 Å². The molecule has 2 heterocycles. The van der Waals surface area contributed by atoms with Gasteiger partial charge in [-0.05, 0) is 23.3 Å². The van der Waals surface area contributed by atoms with Crippen LogP contribution in [0.25, 0.3) is 0 Å². The van der Waals surface area contributed by atoms with Crippen molar-refractivity contribution in [2.75, 3.05) is 44.2 Å². The Morgan fingerprint density at radius 2 is 1.68 bits per heavy atom. The zero-order chi connectivity index (χ0) is 21.7. The number of rotatable bonds is 8. The highest BCUT2D eigenvalue weighted by Crippen LogP contribution is 2.32. The van der Waals surface area contributed by atoms with Gasteiger partial charge >= 0.3 is 0 Å². The maximum absolute atomic E-state index is 10.5. The Morgan fingerprint density at radius 3 is 2.32 bits per heavy atom. The molecular weight excluding hydrogens is 406 g/mol. The largest absolute Gasteiger partial charge is 0.491 e. The summed E-state index contributed by atoms with van der Waals surface area (Å²) in [5.41, 5.74) is 2.46. The predicted octanol–water partition coefficient (Wildman–Crippen LogP) is 4.03. The lowest BCUT2D eigenvalue weighted by Gasteiger charge is -2.35. The Labute approximate surface area is 188 Å². The number of aromatic nitrogens is 1. The molecule has 0 saturated carbocycles. The molecule has 0 aliphatic carbocycles. The van der Waals surface area contributed by atoms with Crippen molar-refractivity contribution >= 4 is 16.5 Å². The zero-order valence-corrected chi connectivity index (χ0v) is 19.1. The van der Waals surface area contributed by atoms with Crippen LogP contribution in [-0.2, 0) is 5.41 Å². The maximum Gasteiger partial charge on any atom is 0.185 e. The van der Waals surface area contributed by atoms with E-state index in [1.54, 1.807) is 11.3 Å². The van der Waals surface area contributed by atoms with Crippen LogP contribution < -0.4 is 9.64 Å². The summed E-state index contributed by atoms with van der Waals surface area (Å²) in [6.45, 7) is 9.14. The minimum atomic E-state index is -0.508. The second-order valence-corrected chi connectivity index (χ2v) is 9.46. The van der Waals surface area contributed by atoms with Crippen LogP contribution in [0.3, 0.4) is 0 Å². The molecule has 2 aromatic carbocycles. The lowest BCUT2D eigenvalue weighted by Crippen LogP contribution is -2.49. The number of benzene rings is 2. The molecule has 1 fully saturated rings. The topological polar surface area (TPSA) is 48.8 Å². The SMILES string of the molecule is CC(C)(c1ccccc1)c1ccc(OCC(O)CN2CCN(c3nccs3)CC2)cc1. The Morgan fingerprint density at radius 1 is 1.00 bits per heavy atom. The summed E-state index contributed by atoms with van der Waals surface area (Å²) in [6.07, 6.45) is 1.34. The van der Waals surface area contributed by atoms with E-state index in [0.717, 1.165) is 37.1 Å². The highest BCUT2D eigenvalue weighted by molar-refractivity contribution is 7.13. The van der Waals surface area contributed by atoms with E-state index in [2.05, 4.69) is 65.0 Å². The minimum Gasteiger partial charge on any atom is -0.491 e. The van der Waals surface area contributed by atoms with E-state index in [0.29, 0.717) is 13.2 Å². The van der Waals surface area contributed by atoms with Crippen molar-refractivity contribution < 1.29 is 9.84 Å². The molecule has 1 N–H and O–H groups in total. The number of piperazine rings is 1. The van der Waals surface area contributed by atoms with Gasteiger partial charge in [0.2, 0.25) is 0 Å². The molecule has 0 spiro atoms. The Balaban J connectivity index is 1.24. The van der Waals surface area contributed by atoms with E-state index in [1.807, 2.05) is 29.8 Å². The van der Waals surface area contributed by atoms with Gasteiger partial charge in [-0.3, -0.25) is 4.90 Å². The molecule has 0 bridgehead atoms. The van der Waals surface area contributed by atoms with Crippen molar-refractivity contribution in [2.45, 2.75) is 25.4 Å². The van der Waals surface area contributed by atoms with Crippen molar-refractivity contribution in [3.05, 3.63) is 77.3 Å². The first-order chi connectivity index (χ1) is 15.0. The molecular formula is C25H31N3O2S. The Kier molecular flexibility index (Phi) is 6.90. The van der Waals surface area contributed by atoms with Crippen LogP contribution >= 0.6 is 11.3 Å². The van der Waals surface area contributed by atoms with Crippen LogP contribution in [0.5, 0.6) is 5.75 Å². The molecule has 164 valence electrons. The quantitative estimate of drug-likeness (QED) is 0.577. The van der Waals surface area contributed by atoms with Gasteiger partial charge in [-0.1, -0.05) is 56.3 Å². The molecule has 1 aromatic heterocycles. The fraction of sp³-hybridized carbons (Fsp3) is 0.400. The van der Waals surface area contributed by atoms with Crippen LogP contribution in [0.2, 0.25) is 0 Å². The Bertz CT molecular complexity index is 921. The molecule has 0 radical (unpaired) electrons. The third-order valence-electron chi connectivity index (χ3n) is 6.04. The van der Waals surface area contributed by atoms with Gasteiger partial charge in [-0.15, -0.1) is 11.3 Å². The van der Waals surface area contributed by atoms with Crippen molar-refractivity contribution in [1.82, 2.24) is 9.88 Å². The molecule has 0 amide bonds. The molecule has 1 saturated heterocycles. The first kappa shape index (κ1) is 21.8. The van der Waals surface area contributed by atoms with Crippen LogP contribution in [0.1, 0.15) is 25.0 Å². The number of thiazole rings is 1. The summed E-state index contributed by atoms with van der Waals surface area (Å²) in [5.74, 6) is 0.792. The summed E-state index contributed by atoms with van der Waals surface area (Å²) in [5, 5.41) is 13.6. The maximum atomic E-state index is 10.5. The predicted molar refractivity (Wildman–Crippen MR) is 127 cm³/mol. The van der Waals surface area contributed by atoms with Crippen molar-refractivity contribution in [2.24, 2.45) is 0 Å². The average molecular weight is 438 g/mol. The number of β-amino-alcohol motifs (C(OH)–C–C–N with tert-alkyl or cyclic N) is 1. The number of anilines is 1. The fourth-order valence-electron chi connectivity index (χ4n) is 4.03. The molecule has 1 aliphatic heterocycles. The number of nitrogens with zero attached hydrogens (tertiary/aromatic N) is 3. The third-order valence-corrected chi connectivity index (χ3v) is 6.88. The number of hydrogen-bond donors (Lipinski definition) is 1. The van der Waals surface area contributed by atoms with Crippen molar-refractivity contribution in [1.29, 1.82) is 0 Å². The summed E-state index contributed by atoms with van der Waals surface area (Å²) < 4.78 is 5.87. The second-order valence-electron chi connectivity index (χ2n) is 8.58. The molecule has 5 nitrogen and oxygen atoms in total. The van der Waals surface area contributed by atoms with E-state index in [-0.39, 0.29) is 5.41 Å². The molecule has 31 heavy (non-hydrogen) atoms. The van der Waals surface area contributed by atoms with Crippen LogP contribution in [-0.4, -0.2) is 60.4 Å². The first-order valence-electron chi connectivity index (χ1n) is 10.9. The summed E-state index contributed by atoms with van der Waals surface area (Å²) in [6, 6.07) is 18.8. The number of ether oxygens (including phenoxy) is 1. The standard InChI is InChI=1S/C25H31N3O2S/c1-25(2,20-6-4-3-5-7-20)21-8-10-23(11-9-21)30-19-22(29)18-27-13-15-28(16-14-27)24-26-12-17-31-24/h3-12,17,22,29H,13-16,18-19H2,1-2H3. The summed E-state index contributed by atoms with van der Waals surface area (Å²) in [7, 11) is 0. The van der Waals surface area contributed by atoms with Crippen LogP contribution in [0, 0.1) is 0 Å². The second kappa shape index (κ2) is 9.81. The molecule has 6 heteroatoms. The minimum absolute atomic E-state index is 0.0694. The van der Waals surface area contributed by atoms with Crippen molar-refractivity contribution in [3.8, 4) is 5.75 Å². The third kappa shape index (κ3) is 5.45. The van der Waals surface area contributed by atoms with Gasteiger partial charge in [0.1, 0.15) is 18.5 Å². The number of aliphatic hydroxyl groups excluding tert-OH is 1. The number of hydrogen-bond acceptors (Lipinski definition) is 6. The Hall–Kier alpha value is -2.41. The first-order valence-corrected chi connectivity index (χ1v) is 11.7. The van der Waals surface area contributed by atoms with Gasteiger partial charge < -0.3 is 14.7 Å². The molecule has 1 atom stereocenters.